The number of benzene rings is 1. The molecule has 0 saturated carbocycles. The lowest BCUT2D eigenvalue weighted by molar-refractivity contribution is 0.134. The Hall–Kier alpha value is -2.67. The first-order valence-electron chi connectivity index (χ1n) is 7.73. The van der Waals surface area contributed by atoms with Gasteiger partial charge in [-0.05, 0) is 19.9 Å². The number of fused-ring (bicyclic) bond motifs is 2. The average molecular weight is 326 g/mol. The molecule has 3 heterocycles. The van der Waals surface area contributed by atoms with Gasteiger partial charge >= 0.3 is 0 Å². The molecule has 3 aromatic rings. The van der Waals surface area contributed by atoms with E-state index in [4.69, 9.17) is 14.2 Å². The summed E-state index contributed by atoms with van der Waals surface area (Å²) in [5, 5.41) is 4.17. The highest BCUT2D eigenvalue weighted by molar-refractivity contribution is 5.51. The first kappa shape index (κ1) is 14.9. The highest BCUT2D eigenvalue weighted by atomic mass is 16.5. The Morgan fingerprint density at radius 1 is 1.33 bits per heavy atom. The molecule has 124 valence electrons. The normalized spacial score (nSPS) is 15.3. The number of hydrogen-bond acceptors (Lipinski definition) is 6. The summed E-state index contributed by atoms with van der Waals surface area (Å²) in [6, 6.07) is 7.71. The predicted octanol–water partition coefficient (Wildman–Crippen LogP) is 2.78. The third kappa shape index (κ3) is 2.56. The number of nitrogens with zero attached hydrogens (tertiary/aromatic N) is 4. The summed E-state index contributed by atoms with van der Waals surface area (Å²) in [7, 11) is 1.62. The highest BCUT2D eigenvalue weighted by Gasteiger charge is 2.32. The van der Waals surface area contributed by atoms with Crippen LogP contribution in [0.25, 0.3) is 5.78 Å². The minimum atomic E-state index is -0.232. The maximum absolute atomic E-state index is 6.11. The topological polar surface area (TPSA) is 70.8 Å². The van der Waals surface area contributed by atoms with Crippen LogP contribution in [0.4, 0.5) is 0 Å². The zero-order valence-electron chi connectivity index (χ0n) is 13.8. The monoisotopic (exact) mass is 326 g/mol. The summed E-state index contributed by atoms with van der Waals surface area (Å²) in [4.78, 5) is 8.51. The molecular weight excluding hydrogens is 308 g/mol. The summed E-state index contributed by atoms with van der Waals surface area (Å²) in [6.07, 6.45) is 2.30. The largest absolute Gasteiger partial charge is 0.483 e. The van der Waals surface area contributed by atoms with Crippen molar-refractivity contribution >= 4 is 5.78 Å². The van der Waals surface area contributed by atoms with E-state index >= 15 is 0 Å². The lowest BCUT2D eigenvalue weighted by atomic mass is 10.0. The summed E-state index contributed by atoms with van der Waals surface area (Å²) in [5.74, 6) is 2.42. The molecule has 4 rings (SSSR count). The van der Waals surface area contributed by atoms with Crippen LogP contribution in [0.3, 0.4) is 0 Å². The molecule has 1 aromatic carbocycles. The highest BCUT2D eigenvalue weighted by Crippen LogP contribution is 2.43. The van der Waals surface area contributed by atoms with Crippen LogP contribution < -0.4 is 9.47 Å². The standard InChI is InChI=1S/C17H18N4O3/c1-17(2)8-11-5-4-6-13(15(11)24-17)23-14-7-12(9-22-3)20-16-18-10-19-21(14)16/h4-7,10H,8-9H2,1-3H3. The molecule has 0 N–H and O–H groups in total. The van der Waals surface area contributed by atoms with Crippen molar-refractivity contribution in [1.29, 1.82) is 0 Å². The first-order chi connectivity index (χ1) is 11.6. The Labute approximate surface area is 139 Å². The summed E-state index contributed by atoms with van der Waals surface area (Å²) < 4.78 is 18.9. The molecule has 1 aliphatic heterocycles. The van der Waals surface area contributed by atoms with Gasteiger partial charge in [-0.3, -0.25) is 0 Å². The minimum absolute atomic E-state index is 0.232. The van der Waals surface area contributed by atoms with E-state index in [-0.39, 0.29) is 5.60 Å². The lowest BCUT2D eigenvalue weighted by Crippen LogP contribution is -2.24. The van der Waals surface area contributed by atoms with Crippen LogP contribution in [-0.4, -0.2) is 32.3 Å². The summed E-state index contributed by atoms with van der Waals surface area (Å²) in [5.41, 5.74) is 1.63. The molecule has 0 amide bonds. The van der Waals surface area contributed by atoms with Crippen molar-refractivity contribution in [2.45, 2.75) is 32.5 Å². The second kappa shape index (κ2) is 5.45. The molecule has 24 heavy (non-hydrogen) atoms. The van der Waals surface area contributed by atoms with Gasteiger partial charge in [-0.15, -0.1) is 0 Å². The molecule has 0 spiro atoms. The molecule has 0 fully saturated rings. The fourth-order valence-corrected chi connectivity index (χ4v) is 2.91. The maximum atomic E-state index is 6.11. The Bertz CT molecular complexity index is 904. The summed E-state index contributed by atoms with van der Waals surface area (Å²) in [6.45, 7) is 4.50. The molecule has 7 heteroatoms. The van der Waals surface area contributed by atoms with Crippen LogP contribution in [0.15, 0.2) is 30.6 Å². The van der Waals surface area contributed by atoms with Crippen molar-refractivity contribution in [1.82, 2.24) is 19.6 Å². The van der Waals surface area contributed by atoms with E-state index in [0.717, 1.165) is 23.4 Å². The van der Waals surface area contributed by atoms with Crippen LogP contribution in [-0.2, 0) is 17.8 Å². The lowest BCUT2D eigenvalue weighted by Gasteiger charge is -2.18. The smallest absolute Gasteiger partial charge is 0.255 e. The average Bonchev–Trinajstić information content (AvgIpc) is 3.10. The number of rotatable bonds is 4. The molecule has 0 saturated heterocycles. The van der Waals surface area contributed by atoms with Crippen molar-refractivity contribution in [3.05, 3.63) is 41.9 Å². The number of methoxy groups -OCH3 is 1. The van der Waals surface area contributed by atoms with Gasteiger partial charge in [0, 0.05) is 25.2 Å². The fourth-order valence-electron chi connectivity index (χ4n) is 2.91. The molecular formula is C17H18N4O3. The van der Waals surface area contributed by atoms with Gasteiger partial charge in [0.05, 0.1) is 12.3 Å². The maximum Gasteiger partial charge on any atom is 0.255 e. The number of hydrogen-bond donors (Lipinski definition) is 0. The van der Waals surface area contributed by atoms with E-state index in [9.17, 15) is 0 Å². The quantitative estimate of drug-likeness (QED) is 0.734. The number of ether oxygens (including phenoxy) is 3. The van der Waals surface area contributed by atoms with E-state index in [0.29, 0.717) is 24.0 Å². The first-order valence-corrected chi connectivity index (χ1v) is 7.73. The Morgan fingerprint density at radius 2 is 2.21 bits per heavy atom. The van der Waals surface area contributed by atoms with Gasteiger partial charge < -0.3 is 14.2 Å². The zero-order valence-corrected chi connectivity index (χ0v) is 13.8. The molecule has 1 aliphatic rings. The third-order valence-electron chi connectivity index (χ3n) is 3.83. The third-order valence-corrected chi connectivity index (χ3v) is 3.83. The van der Waals surface area contributed by atoms with Crippen LogP contribution in [0.2, 0.25) is 0 Å². The second-order valence-corrected chi connectivity index (χ2v) is 6.38. The summed E-state index contributed by atoms with van der Waals surface area (Å²) >= 11 is 0. The van der Waals surface area contributed by atoms with Gasteiger partial charge in [-0.2, -0.15) is 14.6 Å². The second-order valence-electron chi connectivity index (χ2n) is 6.38. The Kier molecular flexibility index (Phi) is 3.38. The van der Waals surface area contributed by atoms with Crippen molar-refractivity contribution in [2.75, 3.05) is 7.11 Å². The molecule has 0 unspecified atom stereocenters. The van der Waals surface area contributed by atoms with Gasteiger partial charge in [-0.1, -0.05) is 12.1 Å². The van der Waals surface area contributed by atoms with Crippen LogP contribution >= 0.6 is 0 Å². The van der Waals surface area contributed by atoms with Crippen LogP contribution in [0.5, 0.6) is 17.4 Å². The van der Waals surface area contributed by atoms with Gasteiger partial charge in [0.15, 0.2) is 11.5 Å². The van der Waals surface area contributed by atoms with E-state index in [1.165, 1.54) is 6.33 Å². The SMILES string of the molecule is COCc1cc(Oc2cccc3c2OC(C)(C)C3)n2ncnc2n1. The molecule has 7 nitrogen and oxygen atoms in total. The molecule has 2 aromatic heterocycles. The number of para-hydroxylation sites is 1. The zero-order chi connectivity index (χ0) is 16.7. The fraction of sp³-hybridized carbons (Fsp3) is 0.353. The predicted molar refractivity (Wildman–Crippen MR) is 86.4 cm³/mol. The van der Waals surface area contributed by atoms with Gasteiger partial charge in [0.2, 0.25) is 5.88 Å². The minimum Gasteiger partial charge on any atom is -0.483 e. The van der Waals surface area contributed by atoms with Gasteiger partial charge in [0.1, 0.15) is 11.9 Å². The van der Waals surface area contributed by atoms with Gasteiger partial charge in [0.25, 0.3) is 5.78 Å². The van der Waals surface area contributed by atoms with Crippen molar-refractivity contribution < 1.29 is 14.2 Å². The molecule has 0 aliphatic carbocycles. The van der Waals surface area contributed by atoms with E-state index < -0.39 is 0 Å². The Morgan fingerprint density at radius 3 is 3.04 bits per heavy atom. The molecule has 0 radical (unpaired) electrons. The van der Waals surface area contributed by atoms with E-state index in [1.54, 1.807) is 17.7 Å². The van der Waals surface area contributed by atoms with Crippen LogP contribution in [0, 0.1) is 0 Å². The van der Waals surface area contributed by atoms with Crippen molar-refractivity contribution in [3.63, 3.8) is 0 Å². The molecule has 0 atom stereocenters. The van der Waals surface area contributed by atoms with E-state index in [1.807, 2.05) is 12.1 Å². The van der Waals surface area contributed by atoms with Crippen molar-refractivity contribution in [2.24, 2.45) is 0 Å². The Balaban J connectivity index is 1.76. The van der Waals surface area contributed by atoms with Gasteiger partial charge in [-0.25, -0.2) is 4.98 Å². The van der Waals surface area contributed by atoms with Crippen molar-refractivity contribution in [3.8, 4) is 17.4 Å². The molecule has 0 bridgehead atoms. The van der Waals surface area contributed by atoms with E-state index in [2.05, 4.69) is 35.0 Å². The number of aromatic nitrogens is 4. The van der Waals surface area contributed by atoms with Crippen LogP contribution in [0.1, 0.15) is 25.1 Å².